The predicted octanol–water partition coefficient (Wildman–Crippen LogP) is 4.55. The molecule has 3 atom stereocenters. The van der Waals surface area contributed by atoms with Crippen LogP contribution in [-0.2, 0) is 4.79 Å². The lowest BCUT2D eigenvalue weighted by molar-refractivity contribution is -0.137. The van der Waals surface area contributed by atoms with E-state index in [1.165, 1.54) is 25.7 Å². The molecule has 0 saturated heterocycles. The first-order valence-corrected chi connectivity index (χ1v) is 8.70. The van der Waals surface area contributed by atoms with Crippen LogP contribution in [0.15, 0.2) is 12.2 Å². The van der Waals surface area contributed by atoms with E-state index in [-0.39, 0.29) is 6.10 Å². The van der Waals surface area contributed by atoms with Crippen molar-refractivity contribution in [2.24, 2.45) is 11.8 Å². The topological polar surface area (TPSA) is 57.5 Å². The summed E-state index contributed by atoms with van der Waals surface area (Å²) >= 11 is 0. The molecule has 0 amide bonds. The number of rotatable bonds is 11. The van der Waals surface area contributed by atoms with Crippen LogP contribution in [0.2, 0.25) is 0 Å². The van der Waals surface area contributed by atoms with Crippen LogP contribution in [0.4, 0.5) is 0 Å². The van der Waals surface area contributed by atoms with Crippen LogP contribution in [0.25, 0.3) is 0 Å². The van der Waals surface area contributed by atoms with Gasteiger partial charge in [0.05, 0.1) is 6.10 Å². The van der Waals surface area contributed by atoms with Gasteiger partial charge in [-0.25, -0.2) is 0 Å². The molecular formula is C18H32O3. The lowest BCUT2D eigenvalue weighted by Gasteiger charge is -2.20. The van der Waals surface area contributed by atoms with Gasteiger partial charge in [-0.05, 0) is 43.9 Å². The van der Waals surface area contributed by atoms with E-state index in [4.69, 9.17) is 5.11 Å². The van der Waals surface area contributed by atoms with E-state index in [2.05, 4.69) is 19.1 Å². The van der Waals surface area contributed by atoms with Gasteiger partial charge >= 0.3 is 5.97 Å². The summed E-state index contributed by atoms with van der Waals surface area (Å²) in [5, 5.41) is 18.7. The third-order valence-corrected chi connectivity index (χ3v) is 4.71. The number of aliphatic carboxylic acids is 1. The number of aliphatic hydroxyl groups excluding tert-OH is 1. The van der Waals surface area contributed by atoms with Gasteiger partial charge in [-0.1, -0.05) is 51.2 Å². The fourth-order valence-electron chi connectivity index (χ4n) is 3.47. The Labute approximate surface area is 129 Å². The van der Waals surface area contributed by atoms with Crippen molar-refractivity contribution in [3.63, 3.8) is 0 Å². The molecule has 1 fully saturated rings. The molecule has 0 aliphatic heterocycles. The van der Waals surface area contributed by atoms with Crippen LogP contribution in [0.3, 0.4) is 0 Å². The number of allylic oxidation sites excluding steroid dienone is 2. The highest BCUT2D eigenvalue weighted by Gasteiger charge is 2.33. The van der Waals surface area contributed by atoms with Crippen molar-refractivity contribution in [1.82, 2.24) is 0 Å². The first-order valence-electron chi connectivity index (χ1n) is 8.70. The molecule has 0 spiro atoms. The second kappa shape index (κ2) is 10.8. The van der Waals surface area contributed by atoms with Gasteiger partial charge in [-0.3, -0.25) is 4.79 Å². The minimum absolute atomic E-state index is 0.105. The Morgan fingerprint density at radius 3 is 2.52 bits per heavy atom. The van der Waals surface area contributed by atoms with Crippen molar-refractivity contribution >= 4 is 5.97 Å². The fraction of sp³-hybridized carbons (Fsp3) is 0.833. The fourth-order valence-corrected chi connectivity index (χ4v) is 3.47. The summed E-state index contributed by atoms with van der Waals surface area (Å²) in [6, 6.07) is 0. The molecule has 0 aromatic rings. The average molecular weight is 296 g/mol. The molecule has 0 bridgehead atoms. The summed E-state index contributed by atoms with van der Waals surface area (Å²) in [7, 11) is 0. The standard InChI is InChI=1S/C18H32O3/c1-2-3-7-11-16-15(13-14-17(16)19)10-8-5-4-6-9-12-18(20)21/h3,7,15-17,19H,2,4-6,8-14H2,1H3,(H,20,21)/b7-3+. The Kier molecular flexibility index (Phi) is 9.40. The molecule has 1 saturated carbocycles. The van der Waals surface area contributed by atoms with Gasteiger partial charge in [0, 0.05) is 6.42 Å². The van der Waals surface area contributed by atoms with Crippen LogP contribution in [-0.4, -0.2) is 22.3 Å². The molecule has 1 aliphatic carbocycles. The van der Waals surface area contributed by atoms with Crippen molar-refractivity contribution in [1.29, 1.82) is 0 Å². The third kappa shape index (κ3) is 7.66. The Morgan fingerprint density at radius 2 is 1.81 bits per heavy atom. The Bertz CT molecular complexity index is 312. The average Bonchev–Trinajstić information content (AvgIpc) is 2.79. The maximum Gasteiger partial charge on any atom is 0.303 e. The zero-order valence-electron chi connectivity index (χ0n) is 13.5. The van der Waals surface area contributed by atoms with E-state index in [0.29, 0.717) is 18.3 Å². The van der Waals surface area contributed by atoms with Gasteiger partial charge in [-0.2, -0.15) is 0 Å². The lowest BCUT2D eigenvalue weighted by atomic mass is 9.87. The zero-order valence-corrected chi connectivity index (χ0v) is 13.5. The quantitative estimate of drug-likeness (QED) is 0.434. The van der Waals surface area contributed by atoms with Gasteiger partial charge in [0.2, 0.25) is 0 Å². The van der Waals surface area contributed by atoms with Gasteiger partial charge in [0.15, 0.2) is 0 Å². The highest BCUT2D eigenvalue weighted by molar-refractivity contribution is 5.66. The number of carboxylic acids is 1. The Morgan fingerprint density at radius 1 is 1.10 bits per heavy atom. The number of carbonyl (C=O) groups is 1. The molecule has 1 aliphatic rings. The van der Waals surface area contributed by atoms with E-state index >= 15 is 0 Å². The number of carboxylic acid groups (broad SMARTS) is 1. The molecule has 0 aromatic heterocycles. The summed E-state index contributed by atoms with van der Waals surface area (Å²) < 4.78 is 0. The summed E-state index contributed by atoms with van der Waals surface area (Å²) in [6.07, 6.45) is 15.5. The lowest BCUT2D eigenvalue weighted by Crippen LogP contribution is -2.18. The minimum atomic E-state index is -0.682. The minimum Gasteiger partial charge on any atom is -0.481 e. The van der Waals surface area contributed by atoms with Crippen molar-refractivity contribution in [3.05, 3.63) is 12.2 Å². The van der Waals surface area contributed by atoms with E-state index in [9.17, 15) is 9.90 Å². The van der Waals surface area contributed by atoms with Crippen molar-refractivity contribution in [2.45, 2.75) is 83.7 Å². The molecule has 0 aromatic carbocycles. The molecule has 3 heteroatoms. The first-order chi connectivity index (χ1) is 10.1. The van der Waals surface area contributed by atoms with Crippen molar-refractivity contribution in [2.75, 3.05) is 0 Å². The van der Waals surface area contributed by atoms with Crippen LogP contribution in [0.5, 0.6) is 0 Å². The van der Waals surface area contributed by atoms with E-state index < -0.39 is 5.97 Å². The maximum atomic E-state index is 10.4. The highest BCUT2D eigenvalue weighted by Crippen LogP contribution is 2.38. The molecule has 3 unspecified atom stereocenters. The normalized spacial score (nSPS) is 25.7. The van der Waals surface area contributed by atoms with Crippen molar-refractivity contribution < 1.29 is 15.0 Å². The second-order valence-electron chi connectivity index (χ2n) is 6.38. The maximum absolute atomic E-state index is 10.4. The number of unbranched alkanes of at least 4 members (excludes halogenated alkanes) is 4. The summed E-state index contributed by atoms with van der Waals surface area (Å²) in [6.45, 7) is 2.14. The molecule has 1 rings (SSSR count). The third-order valence-electron chi connectivity index (χ3n) is 4.71. The summed E-state index contributed by atoms with van der Waals surface area (Å²) in [5.41, 5.74) is 0. The first kappa shape index (κ1) is 18.2. The Balaban J connectivity index is 2.12. The van der Waals surface area contributed by atoms with E-state index in [1.807, 2.05) is 0 Å². The highest BCUT2D eigenvalue weighted by atomic mass is 16.4. The van der Waals surface area contributed by atoms with Crippen molar-refractivity contribution in [3.8, 4) is 0 Å². The van der Waals surface area contributed by atoms with Crippen LogP contribution in [0, 0.1) is 11.8 Å². The monoisotopic (exact) mass is 296 g/mol. The second-order valence-corrected chi connectivity index (χ2v) is 6.38. The van der Waals surface area contributed by atoms with E-state index in [0.717, 1.165) is 38.5 Å². The number of hydrogen-bond donors (Lipinski definition) is 2. The molecule has 21 heavy (non-hydrogen) atoms. The molecule has 0 radical (unpaired) electrons. The van der Waals surface area contributed by atoms with Gasteiger partial charge in [-0.15, -0.1) is 0 Å². The zero-order chi connectivity index (χ0) is 15.5. The van der Waals surface area contributed by atoms with Gasteiger partial charge < -0.3 is 10.2 Å². The molecule has 0 heterocycles. The summed E-state index contributed by atoms with van der Waals surface area (Å²) in [4.78, 5) is 10.4. The molecular weight excluding hydrogens is 264 g/mol. The largest absolute Gasteiger partial charge is 0.481 e. The number of aliphatic hydroxyl groups is 1. The molecule has 2 N–H and O–H groups in total. The molecule has 3 nitrogen and oxygen atoms in total. The predicted molar refractivity (Wildman–Crippen MR) is 86.2 cm³/mol. The van der Waals surface area contributed by atoms with Crippen LogP contribution < -0.4 is 0 Å². The Hall–Kier alpha value is -0.830. The van der Waals surface area contributed by atoms with Crippen LogP contribution >= 0.6 is 0 Å². The molecule has 122 valence electrons. The summed E-state index contributed by atoms with van der Waals surface area (Å²) in [5.74, 6) is 0.457. The van der Waals surface area contributed by atoms with Crippen LogP contribution in [0.1, 0.15) is 77.6 Å². The van der Waals surface area contributed by atoms with Gasteiger partial charge in [0.25, 0.3) is 0 Å². The SMILES string of the molecule is CC/C=C/CC1C(O)CCC1CCCCCCCC(=O)O. The number of hydrogen-bond acceptors (Lipinski definition) is 2. The van der Waals surface area contributed by atoms with E-state index in [1.54, 1.807) is 0 Å². The van der Waals surface area contributed by atoms with Gasteiger partial charge in [0.1, 0.15) is 0 Å². The smallest absolute Gasteiger partial charge is 0.303 e.